The Balaban J connectivity index is 0.000000711. The second kappa shape index (κ2) is 5.29. The molecule has 0 aliphatic heterocycles. The van der Waals surface area contributed by atoms with Crippen molar-refractivity contribution in [3.05, 3.63) is 30.2 Å². The van der Waals surface area contributed by atoms with Crippen molar-refractivity contribution in [1.29, 1.82) is 0 Å². The first-order valence-electron chi connectivity index (χ1n) is 5.20. The summed E-state index contributed by atoms with van der Waals surface area (Å²) >= 11 is 0. The normalized spacial score (nSPS) is 9.33. The van der Waals surface area contributed by atoms with Crippen molar-refractivity contribution in [3.8, 4) is 0 Å². The highest BCUT2D eigenvalue weighted by Crippen LogP contribution is 2.17. The van der Waals surface area contributed by atoms with Crippen LogP contribution in [-0.4, -0.2) is 17.0 Å². The quantitative estimate of drug-likeness (QED) is 0.776. The van der Waals surface area contributed by atoms with Gasteiger partial charge in [0.25, 0.3) is 0 Å². The number of benzene rings is 1. The van der Waals surface area contributed by atoms with Crippen molar-refractivity contribution in [2.45, 2.75) is 20.8 Å². The number of nitrogens with one attached hydrogen (secondary N) is 1. The molecule has 0 aliphatic carbocycles. The Hall–Kier alpha value is -1.64. The summed E-state index contributed by atoms with van der Waals surface area (Å²) in [7, 11) is 1.90. The largest absolute Gasteiger partial charge is 0.388 e. The van der Waals surface area contributed by atoms with Gasteiger partial charge in [-0.15, -0.1) is 0 Å². The lowest BCUT2D eigenvalue weighted by Gasteiger charge is -2.02. The van der Waals surface area contributed by atoms with Gasteiger partial charge in [-0.05, 0) is 25.1 Å². The van der Waals surface area contributed by atoms with Gasteiger partial charge in [-0.25, -0.2) is 9.97 Å². The monoisotopic (exact) mass is 205 g/mol. The number of aryl methyl sites for hydroxylation is 1. The number of hydrogen-bond acceptors (Lipinski definition) is 3. The van der Waals surface area contributed by atoms with Crippen molar-refractivity contribution >= 4 is 16.6 Å². The van der Waals surface area contributed by atoms with Crippen molar-refractivity contribution in [3.63, 3.8) is 0 Å². The number of anilines is 1. The van der Waals surface area contributed by atoms with Crippen LogP contribution in [0, 0.1) is 6.92 Å². The Labute approximate surface area is 92.1 Å². The third kappa shape index (κ3) is 2.43. The van der Waals surface area contributed by atoms with E-state index in [1.165, 1.54) is 0 Å². The zero-order valence-corrected chi connectivity index (χ0v) is 9.70. The van der Waals surface area contributed by atoms with E-state index < -0.39 is 0 Å². The van der Waals surface area contributed by atoms with Crippen LogP contribution in [0.15, 0.2) is 24.5 Å². The van der Waals surface area contributed by atoms with E-state index in [0.29, 0.717) is 0 Å². The summed E-state index contributed by atoms with van der Waals surface area (Å²) in [4.78, 5) is 8.33. The van der Waals surface area contributed by atoms with E-state index in [1.54, 1.807) is 6.33 Å². The minimum atomic E-state index is 0. The third-order valence-electron chi connectivity index (χ3n) is 2.12. The molecule has 0 atom stereocenters. The maximum atomic E-state index is 4.20. The van der Waals surface area contributed by atoms with Crippen LogP contribution in [0.25, 0.3) is 10.9 Å². The van der Waals surface area contributed by atoms with Gasteiger partial charge in [-0.3, -0.25) is 0 Å². The molecule has 15 heavy (non-hydrogen) atoms. The molecule has 1 N–H and O–H groups in total. The molecule has 1 heterocycles. The second-order valence-electron chi connectivity index (χ2n) is 2.94. The molecule has 0 saturated carbocycles. The Kier molecular flexibility index (Phi) is 4.03. The first kappa shape index (κ1) is 11.4. The topological polar surface area (TPSA) is 37.8 Å². The molecule has 0 spiro atoms. The molecule has 0 amide bonds. The first-order chi connectivity index (χ1) is 7.31. The molecule has 0 unspecified atom stereocenters. The van der Waals surface area contributed by atoms with Crippen LogP contribution in [0.4, 0.5) is 5.69 Å². The SMILES string of the molecule is CC.CNc1ccc2c(C)ncnc2c1.[HH]. The van der Waals surface area contributed by atoms with Gasteiger partial charge in [0.2, 0.25) is 0 Å². The molecule has 0 fully saturated rings. The molecular weight excluding hydrogens is 186 g/mol. The van der Waals surface area contributed by atoms with Crippen LogP contribution in [0.5, 0.6) is 0 Å². The minimum Gasteiger partial charge on any atom is -0.388 e. The van der Waals surface area contributed by atoms with E-state index in [-0.39, 0.29) is 1.43 Å². The Morgan fingerprint density at radius 2 is 1.93 bits per heavy atom. The molecule has 0 bridgehead atoms. The summed E-state index contributed by atoms with van der Waals surface area (Å²) < 4.78 is 0. The van der Waals surface area contributed by atoms with E-state index in [0.717, 1.165) is 22.3 Å². The molecule has 82 valence electrons. The molecule has 3 heteroatoms. The Morgan fingerprint density at radius 3 is 2.60 bits per heavy atom. The van der Waals surface area contributed by atoms with E-state index in [9.17, 15) is 0 Å². The molecule has 2 rings (SSSR count). The van der Waals surface area contributed by atoms with Gasteiger partial charge >= 0.3 is 0 Å². The molecule has 0 saturated heterocycles. The number of aromatic nitrogens is 2. The minimum absolute atomic E-state index is 0. The van der Waals surface area contributed by atoms with Crippen LogP contribution >= 0.6 is 0 Å². The fourth-order valence-electron chi connectivity index (χ4n) is 1.35. The number of hydrogen-bond donors (Lipinski definition) is 1. The van der Waals surface area contributed by atoms with E-state index in [1.807, 2.05) is 46.0 Å². The van der Waals surface area contributed by atoms with Gasteiger partial charge in [0, 0.05) is 25.2 Å². The highest BCUT2D eigenvalue weighted by molar-refractivity contribution is 5.83. The predicted molar refractivity (Wildman–Crippen MR) is 67.3 cm³/mol. The Morgan fingerprint density at radius 1 is 1.20 bits per heavy atom. The standard InChI is InChI=1S/C10H11N3.C2H6.H2/c1-7-9-4-3-8(11-2)5-10(9)13-6-12-7;1-2;/h3-6,11H,1-2H3;1-2H3;1H. The van der Waals surface area contributed by atoms with Gasteiger partial charge in [0.1, 0.15) is 6.33 Å². The number of nitrogens with zero attached hydrogens (tertiary/aromatic N) is 2. The van der Waals surface area contributed by atoms with Gasteiger partial charge in [-0.1, -0.05) is 13.8 Å². The van der Waals surface area contributed by atoms with E-state index in [2.05, 4.69) is 15.3 Å². The molecule has 3 nitrogen and oxygen atoms in total. The molecule has 1 aromatic heterocycles. The summed E-state index contributed by atoms with van der Waals surface area (Å²) in [5.74, 6) is 0. The molecule has 0 aliphatic rings. The number of fused-ring (bicyclic) bond motifs is 1. The van der Waals surface area contributed by atoms with E-state index >= 15 is 0 Å². The van der Waals surface area contributed by atoms with Crippen molar-refractivity contribution < 1.29 is 1.43 Å². The van der Waals surface area contributed by atoms with Crippen LogP contribution in [0.3, 0.4) is 0 Å². The summed E-state index contributed by atoms with van der Waals surface area (Å²) in [6.45, 7) is 5.99. The lowest BCUT2D eigenvalue weighted by molar-refractivity contribution is 1.15. The lowest BCUT2D eigenvalue weighted by atomic mass is 10.2. The number of rotatable bonds is 1. The smallest absolute Gasteiger partial charge is 0.116 e. The van der Waals surface area contributed by atoms with Gasteiger partial charge in [0.05, 0.1) is 5.52 Å². The zero-order valence-electron chi connectivity index (χ0n) is 9.70. The third-order valence-corrected chi connectivity index (χ3v) is 2.12. The van der Waals surface area contributed by atoms with Gasteiger partial charge in [0.15, 0.2) is 0 Å². The fraction of sp³-hybridized carbons (Fsp3) is 0.333. The maximum absolute atomic E-state index is 4.20. The molecule has 0 radical (unpaired) electrons. The van der Waals surface area contributed by atoms with Gasteiger partial charge < -0.3 is 5.32 Å². The van der Waals surface area contributed by atoms with Crippen LogP contribution < -0.4 is 5.32 Å². The second-order valence-corrected chi connectivity index (χ2v) is 2.94. The predicted octanol–water partition coefficient (Wildman–Crippen LogP) is 3.25. The first-order valence-corrected chi connectivity index (χ1v) is 5.20. The highest BCUT2D eigenvalue weighted by Gasteiger charge is 1.98. The average molecular weight is 205 g/mol. The van der Waals surface area contributed by atoms with Crippen molar-refractivity contribution in [1.82, 2.24) is 9.97 Å². The van der Waals surface area contributed by atoms with Crippen LogP contribution in [0.1, 0.15) is 21.0 Å². The van der Waals surface area contributed by atoms with Crippen LogP contribution in [0.2, 0.25) is 0 Å². The van der Waals surface area contributed by atoms with Crippen molar-refractivity contribution in [2.75, 3.05) is 12.4 Å². The molecule has 1 aromatic carbocycles. The highest BCUT2D eigenvalue weighted by atomic mass is 14.8. The fourth-order valence-corrected chi connectivity index (χ4v) is 1.35. The lowest BCUT2D eigenvalue weighted by Crippen LogP contribution is -1.90. The average Bonchev–Trinajstić information content (AvgIpc) is 2.31. The van der Waals surface area contributed by atoms with Crippen LogP contribution in [-0.2, 0) is 0 Å². The zero-order chi connectivity index (χ0) is 11.3. The molecular formula is C12H19N3. The summed E-state index contributed by atoms with van der Waals surface area (Å²) in [5, 5.41) is 4.19. The van der Waals surface area contributed by atoms with Crippen molar-refractivity contribution in [2.24, 2.45) is 0 Å². The molecule has 2 aromatic rings. The Bertz CT molecular complexity index is 443. The van der Waals surface area contributed by atoms with E-state index in [4.69, 9.17) is 0 Å². The van der Waals surface area contributed by atoms with Gasteiger partial charge in [-0.2, -0.15) is 0 Å². The summed E-state index contributed by atoms with van der Waals surface area (Å²) in [6.07, 6.45) is 1.59. The summed E-state index contributed by atoms with van der Waals surface area (Å²) in [5.41, 5.74) is 3.08. The maximum Gasteiger partial charge on any atom is 0.116 e. The summed E-state index contributed by atoms with van der Waals surface area (Å²) in [6, 6.07) is 6.08.